The van der Waals surface area contributed by atoms with Crippen molar-refractivity contribution in [2.45, 2.75) is 18.9 Å². The normalized spacial score (nSPS) is 12.9. The fraction of sp³-hybridized carbons (Fsp3) is 0.259. The van der Waals surface area contributed by atoms with Crippen LogP contribution in [0.1, 0.15) is 12.8 Å². The van der Waals surface area contributed by atoms with Crippen LogP contribution in [0.5, 0.6) is 23.0 Å². The molecule has 0 atom stereocenters. The SMILES string of the molecule is COc1ccc(-c2ccc3nc(NC4CC4)nc(-c4ccc(OC)c(OC)c4)c3c2)cc1OC. The van der Waals surface area contributed by atoms with Crippen molar-refractivity contribution >= 4 is 16.9 Å². The minimum Gasteiger partial charge on any atom is -0.493 e. The van der Waals surface area contributed by atoms with Crippen molar-refractivity contribution in [3.8, 4) is 45.4 Å². The van der Waals surface area contributed by atoms with Crippen molar-refractivity contribution in [1.29, 1.82) is 0 Å². The minimum absolute atomic E-state index is 0.446. The molecule has 0 spiro atoms. The van der Waals surface area contributed by atoms with Crippen LogP contribution in [0.3, 0.4) is 0 Å². The van der Waals surface area contributed by atoms with Gasteiger partial charge in [-0.3, -0.25) is 0 Å². The fourth-order valence-electron chi connectivity index (χ4n) is 4.00. The van der Waals surface area contributed by atoms with E-state index in [4.69, 9.17) is 28.9 Å². The summed E-state index contributed by atoms with van der Waals surface area (Å²) in [6, 6.07) is 18.4. The molecule has 34 heavy (non-hydrogen) atoms. The van der Waals surface area contributed by atoms with Crippen molar-refractivity contribution in [1.82, 2.24) is 9.97 Å². The first-order valence-electron chi connectivity index (χ1n) is 11.2. The lowest BCUT2D eigenvalue weighted by Crippen LogP contribution is -2.06. The Hall–Kier alpha value is -4.00. The highest BCUT2D eigenvalue weighted by Crippen LogP contribution is 2.38. The number of ether oxygens (including phenoxy) is 4. The number of aromatic nitrogens is 2. The predicted octanol–water partition coefficient (Wildman–Crippen LogP) is 5.57. The largest absolute Gasteiger partial charge is 0.493 e. The smallest absolute Gasteiger partial charge is 0.224 e. The standard InChI is InChI=1S/C27H27N3O4/c1-31-22-11-6-17(14-24(22)33-3)16-5-10-21-20(13-16)26(30-27(29-21)28-19-8-9-19)18-7-12-23(32-2)25(15-18)34-4/h5-7,10-15,19H,8-9H2,1-4H3,(H,28,29,30). The van der Waals surface area contributed by atoms with E-state index in [9.17, 15) is 0 Å². The summed E-state index contributed by atoms with van der Waals surface area (Å²) >= 11 is 0. The first kappa shape index (κ1) is 21.8. The molecule has 174 valence electrons. The van der Waals surface area contributed by atoms with Crippen molar-refractivity contribution < 1.29 is 18.9 Å². The number of rotatable bonds is 8. The van der Waals surface area contributed by atoms with Crippen LogP contribution in [-0.4, -0.2) is 44.4 Å². The molecule has 4 aromatic rings. The highest BCUT2D eigenvalue weighted by molar-refractivity contribution is 5.96. The second kappa shape index (κ2) is 9.09. The molecule has 5 rings (SSSR count). The van der Waals surface area contributed by atoms with E-state index in [2.05, 4.69) is 17.4 Å². The van der Waals surface area contributed by atoms with Gasteiger partial charge in [-0.05, 0) is 66.4 Å². The Balaban J connectivity index is 1.67. The maximum Gasteiger partial charge on any atom is 0.224 e. The van der Waals surface area contributed by atoms with Crippen molar-refractivity contribution in [2.75, 3.05) is 33.8 Å². The number of anilines is 1. The molecule has 1 aliphatic rings. The number of hydrogen-bond donors (Lipinski definition) is 1. The molecule has 1 N–H and O–H groups in total. The monoisotopic (exact) mass is 457 g/mol. The fourth-order valence-corrected chi connectivity index (χ4v) is 4.00. The van der Waals surface area contributed by atoms with Crippen LogP contribution < -0.4 is 24.3 Å². The average Bonchev–Trinajstić information content (AvgIpc) is 3.71. The first-order chi connectivity index (χ1) is 16.6. The lowest BCUT2D eigenvalue weighted by molar-refractivity contribution is 0.355. The van der Waals surface area contributed by atoms with E-state index in [1.165, 1.54) is 0 Å². The quantitative estimate of drug-likeness (QED) is 0.371. The van der Waals surface area contributed by atoms with Crippen molar-refractivity contribution in [3.05, 3.63) is 54.6 Å². The van der Waals surface area contributed by atoms with Gasteiger partial charge in [0.25, 0.3) is 0 Å². The molecule has 3 aromatic carbocycles. The van der Waals surface area contributed by atoms with Gasteiger partial charge < -0.3 is 24.3 Å². The van der Waals surface area contributed by atoms with E-state index >= 15 is 0 Å². The molecule has 7 heteroatoms. The summed E-state index contributed by atoms with van der Waals surface area (Å²) in [5.74, 6) is 3.34. The van der Waals surface area contributed by atoms with Gasteiger partial charge in [0, 0.05) is 17.0 Å². The molecule has 0 bridgehead atoms. The third-order valence-corrected chi connectivity index (χ3v) is 5.98. The Kier molecular flexibility index (Phi) is 5.84. The van der Waals surface area contributed by atoms with Crippen LogP contribution in [0, 0.1) is 0 Å². The summed E-state index contributed by atoms with van der Waals surface area (Å²) in [7, 11) is 6.53. The maximum absolute atomic E-state index is 5.55. The van der Waals surface area contributed by atoms with E-state index < -0.39 is 0 Å². The summed E-state index contributed by atoms with van der Waals surface area (Å²) in [5, 5.41) is 4.38. The van der Waals surface area contributed by atoms with Crippen LogP contribution in [0.4, 0.5) is 5.95 Å². The second-order valence-corrected chi connectivity index (χ2v) is 8.19. The van der Waals surface area contributed by atoms with E-state index in [1.807, 2.05) is 42.5 Å². The Bertz CT molecular complexity index is 1350. The maximum atomic E-state index is 5.55. The van der Waals surface area contributed by atoms with E-state index in [1.54, 1.807) is 28.4 Å². The summed E-state index contributed by atoms with van der Waals surface area (Å²) in [5.41, 5.74) is 4.66. The second-order valence-electron chi connectivity index (χ2n) is 8.19. The molecular formula is C27H27N3O4. The molecule has 0 aliphatic heterocycles. The highest BCUT2D eigenvalue weighted by atomic mass is 16.5. The molecule has 1 aliphatic carbocycles. The third kappa shape index (κ3) is 4.17. The molecule has 0 unspecified atom stereocenters. The van der Waals surface area contributed by atoms with Crippen LogP contribution in [0.2, 0.25) is 0 Å². The van der Waals surface area contributed by atoms with Crippen LogP contribution in [0.15, 0.2) is 54.6 Å². The van der Waals surface area contributed by atoms with Crippen molar-refractivity contribution in [2.24, 2.45) is 0 Å². The van der Waals surface area contributed by atoms with Crippen LogP contribution in [-0.2, 0) is 0 Å². The Morgan fingerprint density at radius 2 is 1.21 bits per heavy atom. The minimum atomic E-state index is 0.446. The molecular weight excluding hydrogens is 430 g/mol. The highest BCUT2D eigenvalue weighted by Gasteiger charge is 2.23. The molecule has 0 radical (unpaired) electrons. The molecule has 1 saturated carbocycles. The molecule has 1 aromatic heterocycles. The Labute approximate surface area is 198 Å². The first-order valence-corrected chi connectivity index (χ1v) is 11.2. The zero-order valence-electron chi connectivity index (χ0n) is 19.7. The van der Waals surface area contributed by atoms with Gasteiger partial charge in [0.1, 0.15) is 0 Å². The van der Waals surface area contributed by atoms with Gasteiger partial charge >= 0.3 is 0 Å². The van der Waals surface area contributed by atoms with E-state index in [-0.39, 0.29) is 0 Å². The zero-order chi connectivity index (χ0) is 23.7. The summed E-state index contributed by atoms with van der Waals surface area (Å²) in [4.78, 5) is 9.71. The number of fused-ring (bicyclic) bond motifs is 1. The summed E-state index contributed by atoms with van der Waals surface area (Å²) < 4.78 is 21.9. The number of benzene rings is 3. The molecule has 7 nitrogen and oxygen atoms in total. The molecule has 0 amide bonds. The molecule has 1 heterocycles. The number of nitrogens with zero attached hydrogens (tertiary/aromatic N) is 2. The third-order valence-electron chi connectivity index (χ3n) is 5.98. The lowest BCUT2D eigenvalue weighted by Gasteiger charge is -2.14. The number of methoxy groups -OCH3 is 4. The predicted molar refractivity (Wildman–Crippen MR) is 133 cm³/mol. The topological polar surface area (TPSA) is 74.7 Å². The molecule has 1 fully saturated rings. The van der Waals surface area contributed by atoms with E-state index in [0.29, 0.717) is 35.0 Å². The van der Waals surface area contributed by atoms with Gasteiger partial charge in [-0.25, -0.2) is 9.97 Å². The number of hydrogen-bond acceptors (Lipinski definition) is 7. The van der Waals surface area contributed by atoms with Gasteiger partial charge in [-0.15, -0.1) is 0 Å². The molecule has 0 saturated heterocycles. The van der Waals surface area contributed by atoms with Gasteiger partial charge in [0.2, 0.25) is 5.95 Å². The van der Waals surface area contributed by atoms with Crippen LogP contribution >= 0.6 is 0 Å². The van der Waals surface area contributed by atoms with Gasteiger partial charge in [-0.1, -0.05) is 12.1 Å². The van der Waals surface area contributed by atoms with Crippen LogP contribution in [0.25, 0.3) is 33.3 Å². The number of nitrogens with one attached hydrogen (secondary N) is 1. The Morgan fingerprint density at radius 3 is 1.82 bits per heavy atom. The summed E-state index contributed by atoms with van der Waals surface area (Å²) in [6.07, 6.45) is 2.29. The lowest BCUT2D eigenvalue weighted by atomic mass is 9.99. The Morgan fingerprint density at radius 1 is 0.647 bits per heavy atom. The van der Waals surface area contributed by atoms with Crippen molar-refractivity contribution in [3.63, 3.8) is 0 Å². The average molecular weight is 458 g/mol. The van der Waals surface area contributed by atoms with Gasteiger partial charge in [-0.2, -0.15) is 0 Å². The zero-order valence-corrected chi connectivity index (χ0v) is 19.7. The summed E-state index contributed by atoms with van der Waals surface area (Å²) in [6.45, 7) is 0. The van der Waals surface area contributed by atoms with Gasteiger partial charge in [0.05, 0.1) is 39.6 Å². The van der Waals surface area contributed by atoms with E-state index in [0.717, 1.165) is 46.1 Å². The van der Waals surface area contributed by atoms with Gasteiger partial charge in [0.15, 0.2) is 23.0 Å².